The Morgan fingerprint density at radius 1 is 1.53 bits per heavy atom. The molecule has 2 fully saturated rings. The summed E-state index contributed by atoms with van der Waals surface area (Å²) in [6, 6.07) is 0.633. The fourth-order valence-corrected chi connectivity index (χ4v) is 2.71. The highest BCUT2D eigenvalue weighted by Gasteiger charge is 2.31. The first-order valence-corrected chi connectivity index (χ1v) is 7.11. The van der Waals surface area contributed by atoms with Gasteiger partial charge in [0.25, 0.3) is 0 Å². The van der Waals surface area contributed by atoms with Gasteiger partial charge in [-0.05, 0) is 19.4 Å². The number of morpholine rings is 1. The smallest absolute Gasteiger partial charge is 0.234 e. The number of carbonyl (C=O) groups excluding carboxylic acids is 1. The van der Waals surface area contributed by atoms with E-state index in [9.17, 15) is 4.79 Å². The molecule has 0 saturated carbocycles. The lowest BCUT2D eigenvalue weighted by molar-refractivity contribution is -0.120. The second-order valence-corrected chi connectivity index (χ2v) is 5.22. The van der Waals surface area contributed by atoms with Gasteiger partial charge in [-0.15, -0.1) is 0 Å². The highest BCUT2D eigenvalue weighted by molar-refractivity contribution is 5.77. The van der Waals surface area contributed by atoms with E-state index in [1.165, 1.54) is 19.4 Å². The van der Waals surface area contributed by atoms with E-state index in [4.69, 9.17) is 9.47 Å². The first kappa shape index (κ1) is 14.7. The lowest BCUT2D eigenvalue weighted by atomic mass is 10.2. The monoisotopic (exact) mass is 271 g/mol. The van der Waals surface area contributed by atoms with Gasteiger partial charge in [-0.25, -0.2) is 0 Å². The van der Waals surface area contributed by atoms with Gasteiger partial charge in [0.15, 0.2) is 0 Å². The van der Waals surface area contributed by atoms with Crippen LogP contribution in [0.1, 0.15) is 12.8 Å². The number of carbonyl (C=O) groups is 1. The number of rotatable bonds is 7. The summed E-state index contributed by atoms with van der Waals surface area (Å²) in [5, 5.41) is 5.94. The molecule has 1 amide bonds. The molecule has 2 unspecified atom stereocenters. The Morgan fingerprint density at radius 3 is 3.26 bits per heavy atom. The van der Waals surface area contributed by atoms with Crippen molar-refractivity contribution < 1.29 is 14.3 Å². The Kier molecular flexibility index (Phi) is 6.03. The van der Waals surface area contributed by atoms with Gasteiger partial charge >= 0.3 is 0 Å². The van der Waals surface area contributed by atoms with Crippen LogP contribution < -0.4 is 10.6 Å². The summed E-state index contributed by atoms with van der Waals surface area (Å²) in [5.74, 6) is 0.00640. The van der Waals surface area contributed by atoms with Crippen LogP contribution in [0.25, 0.3) is 0 Å². The van der Waals surface area contributed by atoms with Crippen LogP contribution in [0.3, 0.4) is 0 Å². The first-order valence-electron chi connectivity index (χ1n) is 7.11. The van der Waals surface area contributed by atoms with Gasteiger partial charge in [-0.1, -0.05) is 0 Å². The van der Waals surface area contributed by atoms with Crippen LogP contribution in [0, 0.1) is 0 Å². The maximum absolute atomic E-state index is 11.5. The first-order chi connectivity index (χ1) is 9.29. The lowest BCUT2D eigenvalue weighted by Gasteiger charge is -2.35. The summed E-state index contributed by atoms with van der Waals surface area (Å²) in [7, 11) is 1.62. The summed E-state index contributed by atoms with van der Waals surface area (Å²) >= 11 is 0. The van der Waals surface area contributed by atoms with Crippen molar-refractivity contribution in [3.8, 4) is 0 Å². The molecular weight excluding hydrogens is 246 g/mol. The number of ether oxygens (including phenoxy) is 2. The quantitative estimate of drug-likeness (QED) is 0.594. The molecule has 2 rings (SSSR count). The molecule has 110 valence electrons. The molecule has 0 aromatic carbocycles. The van der Waals surface area contributed by atoms with Crippen molar-refractivity contribution >= 4 is 5.91 Å². The Morgan fingerprint density at radius 2 is 2.42 bits per heavy atom. The summed E-state index contributed by atoms with van der Waals surface area (Å²) < 4.78 is 10.7. The summed E-state index contributed by atoms with van der Waals surface area (Å²) in [6.07, 6.45) is 2.76. The van der Waals surface area contributed by atoms with Gasteiger partial charge in [0.05, 0.1) is 25.9 Å². The Bertz CT molecular complexity index is 288. The zero-order valence-electron chi connectivity index (χ0n) is 11.7. The number of methoxy groups -OCH3 is 1. The highest BCUT2D eigenvalue weighted by atomic mass is 16.5. The molecule has 6 nitrogen and oxygen atoms in total. The molecule has 2 aliphatic rings. The maximum atomic E-state index is 11.5. The molecule has 0 spiro atoms. The predicted molar refractivity (Wildman–Crippen MR) is 72.1 cm³/mol. The standard InChI is InChI=1S/C13H25N3O3/c1-18-6-4-15-13(17)8-14-7-12-9-16-5-2-3-11(16)10-19-12/h11-12,14H,2-10H2,1H3,(H,15,17). The van der Waals surface area contributed by atoms with Crippen LogP contribution >= 0.6 is 0 Å². The van der Waals surface area contributed by atoms with Crippen molar-refractivity contribution in [1.29, 1.82) is 0 Å². The van der Waals surface area contributed by atoms with Crippen molar-refractivity contribution in [2.24, 2.45) is 0 Å². The summed E-state index contributed by atoms with van der Waals surface area (Å²) in [4.78, 5) is 14.0. The van der Waals surface area contributed by atoms with Gasteiger partial charge in [-0.2, -0.15) is 0 Å². The van der Waals surface area contributed by atoms with E-state index in [-0.39, 0.29) is 12.0 Å². The predicted octanol–water partition coefficient (Wildman–Crippen LogP) is -0.798. The number of hydrogen-bond donors (Lipinski definition) is 2. The number of nitrogens with one attached hydrogen (secondary N) is 2. The average molecular weight is 271 g/mol. The summed E-state index contributed by atoms with van der Waals surface area (Å²) in [6.45, 7) is 5.21. The molecule has 6 heteroatoms. The van der Waals surface area contributed by atoms with E-state index in [2.05, 4.69) is 15.5 Å². The second-order valence-electron chi connectivity index (χ2n) is 5.22. The maximum Gasteiger partial charge on any atom is 0.234 e. The van der Waals surface area contributed by atoms with Crippen LogP contribution in [-0.4, -0.2) is 76.0 Å². The van der Waals surface area contributed by atoms with Crippen LogP contribution in [0.5, 0.6) is 0 Å². The van der Waals surface area contributed by atoms with Crippen LogP contribution in [0.15, 0.2) is 0 Å². The minimum absolute atomic E-state index is 0.00640. The van der Waals surface area contributed by atoms with Gasteiger partial charge in [-0.3, -0.25) is 9.69 Å². The zero-order chi connectivity index (χ0) is 13.5. The zero-order valence-corrected chi connectivity index (χ0v) is 11.7. The lowest BCUT2D eigenvalue weighted by Crippen LogP contribution is -2.50. The SMILES string of the molecule is COCCNC(=O)CNCC1CN2CCCC2CO1. The number of hydrogen-bond acceptors (Lipinski definition) is 5. The van der Waals surface area contributed by atoms with Crippen molar-refractivity contribution in [3.63, 3.8) is 0 Å². The number of nitrogens with zero attached hydrogens (tertiary/aromatic N) is 1. The molecular formula is C13H25N3O3. The van der Waals surface area contributed by atoms with Crippen LogP contribution in [0.4, 0.5) is 0 Å². The normalized spacial score (nSPS) is 27.2. The molecule has 0 aliphatic carbocycles. The average Bonchev–Trinajstić information content (AvgIpc) is 2.86. The van der Waals surface area contributed by atoms with Crippen molar-refractivity contribution in [3.05, 3.63) is 0 Å². The van der Waals surface area contributed by atoms with Crippen molar-refractivity contribution in [1.82, 2.24) is 15.5 Å². The number of fused-ring (bicyclic) bond motifs is 1. The second kappa shape index (κ2) is 7.79. The fourth-order valence-electron chi connectivity index (χ4n) is 2.71. The molecule has 19 heavy (non-hydrogen) atoms. The minimum Gasteiger partial charge on any atom is -0.383 e. The third-order valence-corrected chi connectivity index (χ3v) is 3.75. The van der Waals surface area contributed by atoms with Crippen molar-refractivity contribution in [2.45, 2.75) is 25.0 Å². The number of amides is 1. The topological polar surface area (TPSA) is 62.8 Å². The molecule has 0 aromatic heterocycles. The van der Waals surface area contributed by atoms with E-state index in [1.54, 1.807) is 7.11 Å². The third-order valence-electron chi connectivity index (χ3n) is 3.75. The molecule has 0 aromatic rings. The van der Waals surface area contributed by atoms with E-state index >= 15 is 0 Å². The minimum atomic E-state index is 0.00640. The van der Waals surface area contributed by atoms with E-state index in [0.717, 1.165) is 19.7 Å². The van der Waals surface area contributed by atoms with Crippen LogP contribution in [-0.2, 0) is 14.3 Å². The van der Waals surface area contributed by atoms with E-state index in [1.807, 2.05) is 0 Å². The van der Waals surface area contributed by atoms with E-state index < -0.39 is 0 Å². The molecule has 0 bridgehead atoms. The van der Waals surface area contributed by atoms with Crippen LogP contribution in [0.2, 0.25) is 0 Å². The highest BCUT2D eigenvalue weighted by Crippen LogP contribution is 2.22. The van der Waals surface area contributed by atoms with Gasteiger partial charge < -0.3 is 20.1 Å². The molecule has 0 radical (unpaired) electrons. The van der Waals surface area contributed by atoms with Crippen molar-refractivity contribution in [2.75, 3.05) is 53.0 Å². The Hall–Kier alpha value is -0.690. The van der Waals surface area contributed by atoms with Gasteiger partial charge in [0.1, 0.15) is 0 Å². The molecule has 2 N–H and O–H groups in total. The largest absolute Gasteiger partial charge is 0.383 e. The Balaban J connectivity index is 1.54. The molecule has 2 atom stereocenters. The molecule has 2 heterocycles. The van der Waals surface area contributed by atoms with Gasteiger partial charge in [0.2, 0.25) is 5.91 Å². The van der Waals surface area contributed by atoms with Gasteiger partial charge in [0, 0.05) is 32.8 Å². The fraction of sp³-hybridized carbons (Fsp3) is 0.923. The summed E-state index contributed by atoms with van der Waals surface area (Å²) in [5.41, 5.74) is 0. The molecule has 2 saturated heterocycles. The Labute approximate surface area is 114 Å². The molecule has 2 aliphatic heterocycles. The van der Waals surface area contributed by atoms with E-state index in [0.29, 0.717) is 25.7 Å². The third kappa shape index (κ3) is 4.72.